The van der Waals surface area contributed by atoms with Gasteiger partial charge in [-0.05, 0) is 116 Å². The van der Waals surface area contributed by atoms with Crippen LogP contribution in [-0.4, -0.2) is 9.55 Å². The molecule has 0 unspecified atom stereocenters. The van der Waals surface area contributed by atoms with Gasteiger partial charge in [-0.3, -0.25) is 0 Å². The van der Waals surface area contributed by atoms with Gasteiger partial charge in [0.05, 0.1) is 16.4 Å². The number of para-hydroxylation sites is 3. The first-order valence-electron chi connectivity index (χ1n) is 35.6. The number of thiophene rings is 1. The molecule has 0 N–H and O–H groups in total. The molecule has 1 aliphatic rings. The van der Waals surface area contributed by atoms with Crippen LogP contribution in [0.2, 0.25) is 0 Å². The number of anilines is 4. The Morgan fingerprint density at radius 3 is 1.85 bits per heavy atom. The maximum absolute atomic E-state index is 10.1. The van der Waals surface area contributed by atoms with Crippen LogP contribution in [0.15, 0.2) is 188 Å². The number of ether oxygens (including phenoxy) is 1. The molecule has 0 spiro atoms. The smallest absolute Gasteiger partial charge is 0.135 e. The average Bonchev–Trinajstić information content (AvgIpc) is 1.54. The molecular formula is C78H73N4OPtS-3. The maximum Gasteiger partial charge on any atom is 0.135 e. The zero-order chi connectivity index (χ0) is 70.7. The van der Waals surface area contributed by atoms with E-state index in [0.717, 1.165) is 61.4 Å². The molecule has 0 atom stereocenters. The summed E-state index contributed by atoms with van der Waals surface area (Å²) in [6, 6.07) is 35.5. The predicted octanol–water partition coefficient (Wildman–Crippen LogP) is 22.5. The second-order valence-electron chi connectivity index (χ2n) is 25.5. The molecule has 0 saturated heterocycles. The summed E-state index contributed by atoms with van der Waals surface area (Å²) >= 11 is 1.02. The molecule has 7 heteroatoms. The van der Waals surface area contributed by atoms with Gasteiger partial charge in [0.2, 0.25) is 0 Å². The van der Waals surface area contributed by atoms with E-state index < -0.39 is 41.7 Å². The Balaban J connectivity index is 0.00000931. The molecule has 1 aliphatic heterocycles. The van der Waals surface area contributed by atoms with Crippen molar-refractivity contribution in [1.29, 1.82) is 0 Å². The van der Waals surface area contributed by atoms with E-state index in [1.165, 1.54) is 0 Å². The number of rotatable bonds is 10. The average molecular weight is 1320 g/mol. The van der Waals surface area contributed by atoms with E-state index in [0.29, 0.717) is 33.0 Å². The molecule has 13 rings (SSSR count). The Morgan fingerprint density at radius 2 is 1.18 bits per heavy atom. The van der Waals surface area contributed by atoms with Crippen molar-refractivity contribution in [1.82, 2.24) is 9.55 Å². The largest absolute Gasteiger partial charge is 0.509 e. The first-order valence-corrected chi connectivity index (χ1v) is 29.4. The standard InChI is InChI=1S/C78H73N4OS.Pt/c1-48(2)59-26-21-27-60(49(3)4)72(59)52-41-56(80-47-81(67-31-19-18-30-66(67)80)74-61(50-23-15-14-16-24-50)28-22-29-62(74)51-39-54(77(8,9)10)43-55(40-51)78(11,12)13)45-58(42-52)83-57-33-34-65-69(46-57)82(71-44-53(37-38-79-71)76(5,6)7)68-36-35-64-63-25-17-20-32-70(63)84-75(64)73(65)68;/h14-44,47-49H,1-13H3;/q-3;/i14D,15D,16D,17D,20D,23D,24D,25D,32D,33D,34D,35D,36D,38D;. The molecule has 3 aromatic heterocycles. The van der Waals surface area contributed by atoms with Crippen LogP contribution in [0.5, 0.6) is 11.5 Å². The minimum Gasteiger partial charge on any atom is -0.509 e. The van der Waals surface area contributed by atoms with Crippen LogP contribution < -0.4 is 14.5 Å². The van der Waals surface area contributed by atoms with E-state index in [1.807, 2.05) is 85.8 Å². The molecule has 0 saturated carbocycles. The summed E-state index contributed by atoms with van der Waals surface area (Å²) in [4.78, 5) is 8.72. The number of nitrogens with zero attached hydrogens (tertiary/aromatic N) is 4. The van der Waals surface area contributed by atoms with Crippen LogP contribution in [0.25, 0.3) is 81.2 Å². The Labute approximate surface area is 540 Å². The minimum absolute atomic E-state index is 0. The molecule has 0 amide bonds. The molecule has 4 heterocycles. The second kappa shape index (κ2) is 21.9. The number of aromatic nitrogens is 2. The topological polar surface area (TPSA) is 33.5 Å². The Kier molecular flexibility index (Phi) is 11.1. The maximum atomic E-state index is 10.1. The van der Waals surface area contributed by atoms with Crippen molar-refractivity contribution in [2.24, 2.45) is 0 Å². The van der Waals surface area contributed by atoms with E-state index in [4.69, 9.17) is 20.7 Å². The fourth-order valence-corrected chi connectivity index (χ4v) is 12.6. The first kappa shape index (κ1) is 42.9. The molecule has 0 radical (unpaired) electrons. The second-order valence-corrected chi connectivity index (χ2v) is 26.5. The Hall–Kier alpha value is -7.76. The quantitative estimate of drug-likeness (QED) is 0.128. The van der Waals surface area contributed by atoms with Gasteiger partial charge in [0.1, 0.15) is 5.82 Å². The van der Waals surface area contributed by atoms with E-state index in [1.54, 1.807) is 22.8 Å². The molecule has 0 bridgehead atoms. The molecule has 5 nitrogen and oxygen atoms in total. The van der Waals surface area contributed by atoms with Crippen LogP contribution in [0.4, 0.5) is 22.7 Å². The Morgan fingerprint density at radius 1 is 0.553 bits per heavy atom. The monoisotopic (exact) mass is 1320 g/mol. The minimum atomic E-state index is -0.506. The fourth-order valence-electron chi connectivity index (χ4n) is 11.5. The van der Waals surface area contributed by atoms with Gasteiger partial charge in [0, 0.05) is 94.0 Å². The number of fused-ring (bicyclic) bond motifs is 8. The van der Waals surface area contributed by atoms with E-state index in [9.17, 15) is 8.22 Å². The molecule has 9 aromatic carbocycles. The zero-order valence-electron chi connectivity index (χ0n) is 64.0. The van der Waals surface area contributed by atoms with Crippen molar-refractivity contribution in [3.8, 4) is 50.7 Å². The van der Waals surface area contributed by atoms with Crippen LogP contribution in [0, 0.1) is 18.8 Å². The third kappa shape index (κ3) is 10.5. The third-order valence-corrected chi connectivity index (χ3v) is 17.1. The van der Waals surface area contributed by atoms with Crippen molar-refractivity contribution in [3.63, 3.8) is 0 Å². The van der Waals surface area contributed by atoms with E-state index >= 15 is 0 Å². The fraction of sp³-hybridized carbons (Fsp3) is 0.231. The van der Waals surface area contributed by atoms with Gasteiger partial charge < -0.3 is 19.1 Å². The van der Waals surface area contributed by atoms with Gasteiger partial charge in [-0.15, -0.1) is 65.0 Å². The zero-order valence-corrected chi connectivity index (χ0v) is 53.1. The van der Waals surface area contributed by atoms with Crippen LogP contribution in [0.3, 0.4) is 0 Å². The molecule has 0 fully saturated rings. The number of hydrogen-bond donors (Lipinski definition) is 0. The normalized spacial score (nSPS) is 15.3. The van der Waals surface area contributed by atoms with Crippen molar-refractivity contribution < 1.29 is 45.0 Å². The van der Waals surface area contributed by atoms with E-state index in [-0.39, 0.29) is 152 Å². The van der Waals surface area contributed by atoms with Gasteiger partial charge >= 0.3 is 0 Å². The molecule has 430 valence electrons. The predicted molar refractivity (Wildman–Crippen MR) is 358 cm³/mol. The van der Waals surface area contributed by atoms with Crippen molar-refractivity contribution in [2.45, 2.75) is 118 Å². The summed E-state index contributed by atoms with van der Waals surface area (Å²) < 4.78 is 139. The summed E-state index contributed by atoms with van der Waals surface area (Å²) in [5.74, 6) is 0.181. The molecule has 0 aliphatic carbocycles. The molecular weight excluding hydrogens is 1240 g/mol. The SMILES string of the molecule is [2H]c1cc(C(C)(C)C)cc(-n2c3[c-]c(Oc4[c-]c(N5[CH-]N(c6c(-c7cc(C(C)(C)C)cc(C(C)(C)C)c7)cccc6-c6c([2H])c([2H])c([2H])c([2H])c6[2H])c6ccccc65)cc(-c5c(C(C)C)cccc5C(C)C)c4)c([2H])c([2H])c3c3c4sc5c([2H])c([2H])c([2H])c([2H])c5c4c([2H])c([2H])c32)n1.[Pt]. The van der Waals surface area contributed by atoms with Gasteiger partial charge in [0.25, 0.3) is 0 Å². The Bertz CT molecular complexity index is 5300. The van der Waals surface area contributed by atoms with Crippen LogP contribution >= 0.6 is 11.3 Å². The van der Waals surface area contributed by atoms with Gasteiger partial charge in [-0.2, -0.15) is 6.04 Å². The summed E-state index contributed by atoms with van der Waals surface area (Å²) in [5, 5.41) is 0.555. The number of hydrogen-bond acceptors (Lipinski definition) is 5. The van der Waals surface area contributed by atoms with Crippen molar-refractivity contribution in [3.05, 3.63) is 234 Å². The molecule has 85 heavy (non-hydrogen) atoms. The van der Waals surface area contributed by atoms with Gasteiger partial charge in [0.15, 0.2) is 0 Å². The summed E-state index contributed by atoms with van der Waals surface area (Å²) in [7, 11) is 0. The number of pyridine rings is 1. The van der Waals surface area contributed by atoms with Crippen LogP contribution in [0.1, 0.15) is 149 Å². The summed E-state index contributed by atoms with van der Waals surface area (Å²) in [5.41, 5.74) is 10.3. The van der Waals surface area contributed by atoms with Crippen molar-refractivity contribution >= 4 is 76.1 Å². The third-order valence-electron chi connectivity index (χ3n) is 16.0. The first-order chi connectivity index (χ1) is 46.0. The summed E-state index contributed by atoms with van der Waals surface area (Å²) in [6.07, 6.45) is -0.0928. The van der Waals surface area contributed by atoms with Gasteiger partial charge in [-0.25, -0.2) is 4.98 Å². The van der Waals surface area contributed by atoms with Crippen molar-refractivity contribution in [2.75, 3.05) is 9.80 Å². The molecule has 12 aromatic rings. The van der Waals surface area contributed by atoms with Crippen LogP contribution in [-0.2, 0) is 37.3 Å². The summed E-state index contributed by atoms with van der Waals surface area (Å²) in [6.45, 7) is 29.5. The van der Waals surface area contributed by atoms with E-state index in [2.05, 4.69) is 118 Å². The van der Waals surface area contributed by atoms with Gasteiger partial charge in [-0.1, -0.05) is 217 Å². The number of benzene rings is 9.